The van der Waals surface area contributed by atoms with Crippen LogP contribution in [-0.2, 0) is 9.53 Å². The van der Waals surface area contributed by atoms with E-state index >= 15 is 0 Å². The van der Waals surface area contributed by atoms with Crippen LogP contribution in [0.1, 0.15) is 69.8 Å². The number of amides is 1. The van der Waals surface area contributed by atoms with Gasteiger partial charge in [0, 0.05) is 23.2 Å². The molecule has 1 aromatic carbocycles. The zero-order valence-electron chi connectivity index (χ0n) is 17.7. The molecule has 6 heteroatoms. The lowest BCUT2D eigenvalue weighted by Crippen LogP contribution is -2.39. The number of hydrogen-bond donors (Lipinski definition) is 1. The molecule has 2 saturated carbocycles. The van der Waals surface area contributed by atoms with Crippen LogP contribution in [0, 0.1) is 19.8 Å². The average Bonchev–Trinajstić information content (AvgIpc) is 3.64. The monoisotopic (exact) mass is 408 g/mol. The standard InChI is InChI=1S/C24H28N2O4/c1-4-30-24(29)22-14(2)21(15(3)25-22)20(27)13-26(17-10-11-17)23(28)19-12-18(19)16-8-6-5-7-9-16/h5-9,17-19,25H,4,10-13H2,1-3H3/t18-,19-/m0/s1. The third kappa shape index (κ3) is 3.91. The Morgan fingerprint density at radius 3 is 2.47 bits per heavy atom. The summed E-state index contributed by atoms with van der Waals surface area (Å²) in [5, 5.41) is 0. The molecular weight excluding hydrogens is 380 g/mol. The lowest BCUT2D eigenvalue weighted by atomic mass is 10.0. The topological polar surface area (TPSA) is 79.5 Å². The van der Waals surface area contributed by atoms with Crippen LogP contribution in [0.3, 0.4) is 0 Å². The summed E-state index contributed by atoms with van der Waals surface area (Å²) in [6.07, 6.45) is 2.73. The van der Waals surface area contributed by atoms with Crippen molar-refractivity contribution in [2.45, 2.75) is 52.0 Å². The van der Waals surface area contributed by atoms with E-state index in [1.165, 1.54) is 5.56 Å². The molecule has 0 unspecified atom stereocenters. The van der Waals surface area contributed by atoms with Gasteiger partial charge in [-0.2, -0.15) is 0 Å². The smallest absolute Gasteiger partial charge is 0.355 e. The lowest BCUT2D eigenvalue weighted by molar-refractivity contribution is -0.132. The number of aromatic nitrogens is 1. The van der Waals surface area contributed by atoms with Crippen LogP contribution in [0.2, 0.25) is 0 Å². The predicted octanol–water partition coefficient (Wildman–Crippen LogP) is 3.79. The Kier molecular flexibility index (Phi) is 5.50. The van der Waals surface area contributed by atoms with Crippen molar-refractivity contribution >= 4 is 17.7 Å². The largest absolute Gasteiger partial charge is 0.461 e. The van der Waals surface area contributed by atoms with E-state index in [1.54, 1.807) is 25.7 Å². The van der Waals surface area contributed by atoms with E-state index in [1.807, 2.05) is 18.2 Å². The molecule has 4 rings (SSSR count). The first-order valence-electron chi connectivity index (χ1n) is 10.7. The van der Waals surface area contributed by atoms with E-state index in [0.717, 1.165) is 19.3 Å². The number of rotatable bonds is 8. The Morgan fingerprint density at radius 1 is 1.13 bits per heavy atom. The fourth-order valence-electron chi connectivity index (χ4n) is 4.33. The van der Waals surface area contributed by atoms with Crippen LogP contribution < -0.4 is 0 Å². The Balaban J connectivity index is 1.49. The molecule has 0 aliphatic heterocycles. The van der Waals surface area contributed by atoms with E-state index in [4.69, 9.17) is 4.74 Å². The first-order valence-corrected chi connectivity index (χ1v) is 10.7. The van der Waals surface area contributed by atoms with Gasteiger partial charge in [-0.05, 0) is 57.1 Å². The summed E-state index contributed by atoms with van der Waals surface area (Å²) in [7, 11) is 0. The van der Waals surface area contributed by atoms with Crippen molar-refractivity contribution in [2.75, 3.05) is 13.2 Å². The summed E-state index contributed by atoms with van der Waals surface area (Å²) >= 11 is 0. The van der Waals surface area contributed by atoms with Gasteiger partial charge in [0.05, 0.1) is 13.2 Å². The molecule has 0 bridgehead atoms. The minimum atomic E-state index is -0.462. The van der Waals surface area contributed by atoms with E-state index in [9.17, 15) is 14.4 Å². The first kappa shape index (κ1) is 20.4. The number of nitrogens with zero attached hydrogens (tertiary/aromatic N) is 1. The van der Waals surface area contributed by atoms with E-state index < -0.39 is 5.97 Å². The van der Waals surface area contributed by atoms with Gasteiger partial charge in [0.15, 0.2) is 5.78 Å². The van der Waals surface area contributed by atoms with Gasteiger partial charge in [0.25, 0.3) is 0 Å². The molecule has 2 atom stereocenters. The SMILES string of the molecule is CCOC(=O)c1[nH]c(C)c(C(=O)CN(C(=O)[C@H]2C[C@H]2c2ccccc2)C2CC2)c1C. The number of carbonyl (C=O) groups is 3. The Bertz CT molecular complexity index is 975. The summed E-state index contributed by atoms with van der Waals surface area (Å²) in [5.74, 6) is -0.299. The summed E-state index contributed by atoms with van der Waals surface area (Å²) in [5.41, 5.74) is 3.22. The van der Waals surface area contributed by atoms with Gasteiger partial charge in [0.2, 0.25) is 5.91 Å². The molecule has 2 aliphatic carbocycles. The van der Waals surface area contributed by atoms with Crippen molar-refractivity contribution in [1.82, 2.24) is 9.88 Å². The molecule has 1 heterocycles. The van der Waals surface area contributed by atoms with Crippen molar-refractivity contribution in [1.29, 1.82) is 0 Å². The molecule has 1 amide bonds. The van der Waals surface area contributed by atoms with Crippen molar-refractivity contribution in [3.8, 4) is 0 Å². The Morgan fingerprint density at radius 2 is 1.83 bits per heavy atom. The minimum Gasteiger partial charge on any atom is -0.461 e. The molecule has 6 nitrogen and oxygen atoms in total. The van der Waals surface area contributed by atoms with Crippen molar-refractivity contribution in [2.24, 2.45) is 5.92 Å². The summed E-state index contributed by atoms with van der Waals surface area (Å²) in [4.78, 5) is 43.3. The van der Waals surface area contributed by atoms with E-state index in [0.29, 0.717) is 22.5 Å². The highest BCUT2D eigenvalue weighted by molar-refractivity contribution is 6.04. The molecule has 158 valence electrons. The number of ether oxygens (including phenoxy) is 1. The van der Waals surface area contributed by atoms with Crippen LogP contribution in [0.5, 0.6) is 0 Å². The highest BCUT2D eigenvalue weighted by Crippen LogP contribution is 2.49. The van der Waals surface area contributed by atoms with Crippen molar-refractivity contribution < 1.29 is 19.1 Å². The van der Waals surface area contributed by atoms with Gasteiger partial charge >= 0.3 is 5.97 Å². The minimum absolute atomic E-state index is 0.0377. The van der Waals surface area contributed by atoms with Gasteiger partial charge in [-0.25, -0.2) is 4.79 Å². The quantitative estimate of drug-likeness (QED) is 0.532. The highest BCUT2D eigenvalue weighted by Gasteiger charge is 2.48. The number of ketones is 1. The van der Waals surface area contributed by atoms with Gasteiger partial charge in [0.1, 0.15) is 5.69 Å². The highest BCUT2D eigenvalue weighted by atomic mass is 16.5. The second-order valence-electron chi connectivity index (χ2n) is 8.33. The summed E-state index contributed by atoms with van der Waals surface area (Å²) in [6, 6.07) is 10.3. The predicted molar refractivity (Wildman–Crippen MR) is 113 cm³/mol. The number of hydrogen-bond acceptors (Lipinski definition) is 4. The maximum absolute atomic E-state index is 13.2. The molecule has 2 aliphatic rings. The zero-order chi connectivity index (χ0) is 21.4. The second kappa shape index (κ2) is 8.09. The number of carbonyl (C=O) groups excluding carboxylic acids is 3. The average molecular weight is 408 g/mol. The number of H-pyrrole nitrogens is 1. The number of esters is 1. The van der Waals surface area contributed by atoms with Crippen LogP contribution in [0.25, 0.3) is 0 Å². The maximum atomic E-state index is 13.2. The number of Topliss-reactive ketones (excluding diaryl/α,β-unsaturated/α-hetero) is 1. The first-order chi connectivity index (χ1) is 14.4. The Hall–Kier alpha value is -2.89. The zero-order valence-corrected chi connectivity index (χ0v) is 17.7. The van der Waals surface area contributed by atoms with Gasteiger partial charge in [-0.1, -0.05) is 30.3 Å². The lowest BCUT2D eigenvalue weighted by Gasteiger charge is -2.22. The van der Waals surface area contributed by atoms with Crippen molar-refractivity contribution in [3.05, 3.63) is 58.4 Å². The van der Waals surface area contributed by atoms with Crippen LogP contribution >= 0.6 is 0 Å². The Labute approximate surface area is 176 Å². The fourth-order valence-corrected chi connectivity index (χ4v) is 4.33. The summed E-state index contributed by atoms with van der Waals surface area (Å²) in [6.45, 7) is 5.60. The molecule has 2 fully saturated rings. The van der Waals surface area contributed by atoms with Gasteiger partial charge < -0.3 is 14.6 Å². The fraction of sp³-hybridized carbons (Fsp3) is 0.458. The normalized spacial score (nSPS) is 20.0. The number of nitrogens with one attached hydrogen (secondary N) is 1. The number of aromatic amines is 1. The third-order valence-electron chi connectivity index (χ3n) is 6.12. The molecule has 0 saturated heterocycles. The molecule has 30 heavy (non-hydrogen) atoms. The van der Waals surface area contributed by atoms with Crippen molar-refractivity contribution in [3.63, 3.8) is 0 Å². The molecule has 1 N–H and O–H groups in total. The number of benzene rings is 1. The van der Waals surface area contributed by atoms with Crippen LogP contribution in [0.4, 0.5) is 0 Å². The van der Waals surface area contributed by atoms with E-state index in [-0.39, 0.29) is 42.7 Å². The summed E-state index contributed by atoms with van der Waals surface area (Å²) < 4.78 is 5.07. The molecule has 2 aromatic rings. The van der Waals surface area contributed by atoms with Crippen LogP contribution in [-0.4, -0.2) is 46.7 Å². The molecule has 1 aromatic heterocycles. The second-order valence-corrected chi connectivity index (χ2v) is 8.33. The number of aryl methyl sites for hydroxylation is 1. The van der Waals surface area contributed by atoms with E-state index in [2.05, 4.69) is 17.1 Å². The third-order valence-corrected chi connectivity index (χ3v) is 6.12. The molecule has 0 radical (unpaired) electrons. The van der Waals surface area contributed by atoms with Gasteiger partial charge in [-0.15, -0.1) is 0 Å². The molecule has 0 spiro atoms. The maximum Gasteiger partial charge on any atom is 0.355 e. The van der Waals surface area contributed by atoms with Gasteiger partial charge in [-0.3, -0.25) is 9.59 Å². The van der Waals surface area contributed by atoms with Crippen LogP contribution in [0.15, 0.2) is 30.3 Å². The molecular formula is C24H28N2O4.